The molecule has 0 saturated heterocycles. The summed E-state index contributed by atoms with van der Waals surface area (Å²) in [5, 5.41) is 1.84. The largest absolute Gasteiger partial charge is 0.313 e. The van der Waals surface area contributed by atoms with E-state index in [2.05, 4.69) is 42.4 Å². The minimum atomic E-state index is -2.74. The van der Waals surface area contributed by atoms with Crippen LogP contribution in [0.2, 0.25) is 0 Å². The number of halogens is 1. The smallest absolute Gasteiger partial charge is 0.146 e. The zero-order valence-electron chi connectivity index (χ0n) is 12.3. The van der Waals surface area contributed by atoms with Crippen molar-refractivity contribution in [2.24, 2.45) is 0 Å². The zero-order chi connectivity index (χ0) is 15.6. The van der Waals surface area contributed by atoms with Crippen molar-refractivity contribution in [3.8, 4) is 0 Å². The van der Waals surface area contributed by atoms with E-state index in [1.807, 2.05) is 67.1 Å². The molecule has 5 radical (unpaired) electrons. The lowest BCUT2D eigenvalue weighted by molar-refractivity contribution is 0.581. The van der Waals surface area contributed by atoms with Crippen molar-refractivity contribution in [2.45, 2.75) is 12.6 Å². The lowest BCUT2D eigenvalue weighted by Gasteiger charge is -2.31. The highest BCUT2D eigenvalue weighted by atomic mass is 127. The van der Waals surface area contributed by atoms with E-state index in [-0.39, 0.29) is 5.66 Å². The van der Waals surface area contributed by atoms with E-state index >= 15 is 0 Å². The van der Waals surface area contributed by atoms with Crippen LogP contribution >= 0.6 is 29.7 Å². The monoisotopic (exact) mass is 419 g/mol. The number of rotatable bonds is 4. The fourth-order valence-electron chi connectivity index (χ4n) is 2.84. The molecule has 0 aromatic heterocycles. The Balaban J connectivity index is 2.10. The van der Waals surface area contributed by atoms with Gasteiger partial charge in [-0.25, -0.2) is 0 Å². The molecular formula is C19H17IOP. The molecule has 1 atom stereocenters. The second kappa shape index (κ2) is 6.88. The maximum Gasteiger partial charge on any atom is 0.146 e. The molecule has 1 saturated carbocycles. The molecule has 3 heteroatoms. The highest BCUT2D eigenvalue weighted by molar-refractivity contribution is 14.1. The quantitative estimate of drug-likeness (QED) is 0.525. The van der Waals surface area contributed by atoms with Crippen molar-refractivity contribution in [2.75, 3.05) is 0 Å². The molecule has 0 aliphatic heterocycles. The summed E-state index contributed by atoms with van der Waals surface area (Å²) < 4.78 is 15.3. The molecule has 0 spiro atoms. The van der Waals surface area contributed by atoms with Gasteiger partial charge < -0.3 is 4.57 Å². The van der Waals surface area contributed by atoms with Crippen molar-refractivity contribution in [1.29, 1.82) is 0 Å². The maximum atomic E-state index is 14.2. The molecule has 0 heterocycles. The molecule has 0 N–H and O–H groups in total. The first kappa shape index (κ1) is 16.3. The predicted molar refractivity (Wildman–Crippen MR) is 103 cm³/mol. The van der Waals surface area contributed by atoms with E-state index in [1.54, 1.807) is 0 Å². The summed E-state index contributed by atoms with van der Waals surface area (Å²) in [5.74, 6) is 1.16. The van der Waals surface area contributed by atoms with Crippen LogP contribution in [0, 0.1) is 29.1 Å². The molecule has 1 aliphatic rings. The Kier molecular flexibility index (Phi) is 5.09. The minimum absolute atomic E-state index is 0.0424. The van der Waals surface area contributed by atoms with Crippen LogP contribution in [0.15, 0.2) is 60.7 Å². The van der Waals surface area contributed by atoms with Crippen LogP contribution in [0.4, 0.5) is 0 Å². The van der Waals surface area contributed by atoms with Gasteiger partial charge in [0.05, 0.1) is 0 Å². The van der Waals surface area contributed by atoms with E-state index in [0.29, 0.717) is 0 Å². The van der Waals surface area contributed by atoms with Crippen LogP contribution in [0.5, 0.6) is 0 Å². The van der Waals surface area contributed by atoms with Crippen LogP contribution in [-0.2, 0) is 4.57 Å². The van der Waals surface area contributed by atoms with Crippen molar-refractivity contribution in [3.63, 3.8) is 0 Å². The van der Waals surface area contributed by atoms with Gasteiger partial charge in [0, 0.05) is 26.1 Å². The molecule has 0 amide bonds. The fourth-order valence-corrected chi connectivity index (χ4v) is 6.98. The lowest BCUT2D eigenvalue weighted by Crippen LogP contribution is -2.28. The summed E-state index contributed by atoms with van der Waals surface area (Å²) in [6, 6.07) is 19.7. The molecule has 3 rings (SSSR count). The Morgan fingerprint density at radius 1 is 0.864 bits per heavy atom. The Bertz CT molecular complexity index is 612. The van der Waals surface area contributed by atoms with Gasteiger partial charge in [0.15, 0.2) is 0 Å². The van der Waals surface area contributed by atoms with Gasteiger partial charge in [-0.05, 0) is 19.3 Å². The second-order valence-corrected chi connectivity index (χ2v) is 9.62. The molecular weight excluding hydrogens is 402 g/mol. The Labute approximate surface area is 147 Å². The third kappa shape index (κ3) is 2.92. The Morgan fingerprint density at radius 2 is 1.36 bits per heavy atom. The SMILES string of the molecule is C[C@H]([C]1[CH][CH][CH][C]1I)P(=O)(c1ccccc1)c1ccccc1. The second-order valence-electron chi connectivity index (χ2n) is 5.33. The molecule has 2 aromatic carbocycles. The van der Waals surface area contributed by atoms with Crippen molar-refractivity contribution >= 4 is 40.3 Å². The summed E-state index contributed by atoms with van der Waals surface area (Å²) in [7, 11) is -2.74. The van der Waals surface area contributed by atoms with Crippen LogP contribution < -0.4 is 10.6 Å². The van der Waals surface area contributed by atoms with Crippen LogP contribution in [0.3, 0.4) is 0 Å². The average Bonchev–Trinajstić information content (AvgIpc) is 3.01. The molecule has 0 unspecified atom stereocenters. The van der Waals surface area contributed by atoms with Gasteiger partial charge in [0.1, 0.15) is 7.14 Å². The van der Waals surface area contributed by atoms with Crippen molar-refractivity contribution in [3.05, 3.63) is 89.8 Å². The van der Waals surface area contributed by atoms with E-state index in [0.717, 1.165) is 16.5 Å². The average molecular weight is 419 g/mol. The molecule has 0 bridgehead atoms. The van der Waals surface area contributed by atoms with E-state index in [9.17, 15) is 4.57 Å². The number of benzene rings is 2. The van der Waals surface area contributed by atoms with Crippen LogP contribution in [-0.4, -0.2) is 5.66 Å². The van der Waals surface area contributed by atoms with Gasteiger partial charge in [-0.1, -0.05) is 90.2 Å². The van der Waals surface area contributed by atoms with Gasteiger partial charge >= 0.3 is 0 Å². The first-order valence-corrected chi connectivity index (χ1v) is 10.1. The number of hydrogen-bond donors (Lipinski definition) is 0. The Hall–Kier alpha value is -0.600. The standard InChI is InChI=1S/C19H17IOP/c1-15(18-13-8-14-19(18)20)22(21,16-9-4-2-5-10-16)17-11-6-3-7-12-17/h2-15H,1H3/t15-/m1/s1. The first-order chi connectivity index (χ1) is 10.6. The van der Waals surface area contributed by atoms with Gasteiger partial charge in [-0.15, -0.1) is 0 Å². The predicted octanol–water partition coefficient (Wildman–Crippen LogP) is 4.56. The summed E-state index contributed by atoms with van der Waals surface area (Å²) >= 11 is 2.33. The van der Waals surface area contributed by atoms with Gasteiger partial charge in [0.2, 0.25) is 0 Å². The summed E-state index contributed by atoms with van der Waals surface area (Å²) in [6.07, 6.45) is 6.20. The highest BCUT2D eigenvalue weighted by Crippen LogP contribution is 2.57. The Morgan fingerprint density at radius 3 is 1.77 bits per heavy atom. The lowest BCUT2D eigenvalue weighted by atomic mass is 10.1. The maximum absolute atomic E-state index is 14.2. The van der Waals surface area contributed by atoms with Crippen molar-refractivity contribution in [1.82, 2.24) is 0 Å². The summed E-state index contributed by atoms with van der Waals surface area (Å²) in [4.78, 5) is 0. The third-order valence-electron chi connectivity index (χ3n) is 4.07. The van der Waals surface area contributed by atoms with E-state index < -0.39 is 7.14 Å². The highest BCUT2D eigenvalue weighted by Gasteiger charge is 2.43. The molecule has 1 aliphatic carbocycles. The van der Waals surface area contributed by atoms with Crippen molar-refractivity contribution < 1.29 is 4.57 Å². The number of hydrogen-bond acceptors (Lipinski definition) is 1. The van der Waals surface area contributed by atoms with Gasteiger partial charge in [0.25, 0.3) is 0 Å². The van der Waals surface area contributed by atoms with E-state index in [1.165, 1.54) is 3.92 Å². The summed E-state index contributed by atoms with van der Waals surface area (Å²) in [5.41, 5.74) is -0.0424. The topological polar surface area (TPSA) is 17.1 Å². The summed E-state index contributed by atoms with van der Waals surface area (Å²) in [6.45, 7) is 2.08. The molecule has 1 nitrogen and oxygen atoms in total. The van der Waals surface area contributed by atoms with Gasteiger partial charge in [-0.2, -0.15) is 0 Å². The first-order valence-electron chi connectivity index (χ1n) is 7.26. The van der Waals surface area contributed by atoms with Crippen LogP contribution in [0.1, 0.15) is 6.92 Å². The fraction of sp³-hybridized carbons (Fsp3) is 0.105. The van der Waals surface area contributed by atoms with E-state index in [4.69, 9.17) is 0 Å². The molecule has 111 valence electrons. The zero-order valence-corrected chi connectivity index (χ0v) is 15.4. The molecule has 2 aromatic rings. The third-order valence-corrected chi connectivity index (χ3v) is 8.55. The normalized spacial score (nSPS) is 18.5. The van der Waals surface area contributed by atoms with Gasteiger partial charge in [-0.3, -0.25) is 0 Å². The molecule has 22 heavy (non-hydrogen) atoms. The minimum Gasteiger partial charge on any atom is -0.313 e. The van der Waals surface area contributed by atoms with Crippen LogP contribution in [0.25, 0.3) is 0 Å². The molecule has 1 fully saturated rings.